The van der Waals surface area contributed by atoms with Gasteiger partial charge in [-0.25, -0.2) is 0 Å². The highest BCUT2D eigenvalue weighted by molar-refractivity contribution is 9.09. The molecule has 5 heteroatoms. The average Bonchev–Trinajstić information content (AvgIpc) is 2.21. The quantitative estimate of drug-likeness (QED) is 0.649. The first-order chi connectivity index (χ1) is 7.20. The highest BCUT2D eigenvalue weighted by Crippen LogP contribution is 2.36. The Kier molecular flexibility index (Phi) is 3.21. The minimum absolute atomic E-state index is 0.00696. The standard InChI is InChI=1S/C10H11BrN2OS/c1-6-10(14)13-8-4-7(12-5-11)2-3-9(8)15-6/h2-4,6,12H,5H2,1H3,(H,13,14). The Hall–Kier alpha value is -0.680. The van der Waals surface area contributed by atoms with Crippen LogP contribution < -0.4 is 10.6 Å². The molecular weight excluding hydrogens is 276 g/mol. The largest absolute Gasteiger partial charge is 0.375 e. The molecule has 0 saturated heterocycles. The highest BCUT2D eigenvalue weighted by Gasteiger charge is 2.22. The molecule has 2 N–H and O–H groups in total. The first kappa shape index (κ1) is 10.8. The van der Waals surface area contributed by atoms with E-state index in [-0.39, 0.29) is 11.2 Å². The second kappa shape index (κ2) is 4.45. The lowest BCUT2D eigenvalue weighted by atomic mass is 10.2. The van der Waals surface area contributed by atoms with Crippen molar-refractivity contribution in [3.63, 3.8) is 0 Å². The lowest BCUT2D eigenvalue weighted by Gasteiger charge is -2.21. The van der Waals surface area contributed by atoms with Gasteiger partial charge in [0, 0.05) is 10.6 Å². The zero-order valence-electron chi connectivity index (χ0n) is 8.21. The fourth-order valence-electron chi connectivity index (χ4n) is 1.40. The van der Waals surface area contributed by atoms with Gasteiger partial charge < -0.3 is 10.6 Å². The van der Waals surface area contributed by atoms with E-state index in [4.69, 9.17) is 0 Å². The number of fused-ring (bicyclic) bond motifs is 1. The summed E-state index contributed by atoms with van der Waals surface area (Å²) in [7, 11) is 0. The van der Waals surface area contributed by atoms with E-state index in [1.807, 2.05) is 25.1 Å². The van der Waals surface area contributed by atoms with Crippen LogP contribution in [0.2, 0.25) is 0 Å². The van der Waals surface area contributed by atoms with Crippen LogP contribution in [0.25, 0.3) is 0 Å². The smallest absolute Gasteiger partial charge is 0.237 e. The van der Waals surface area contributed by atoms with Crippen molar-refractivity contribution in [1.29, 1.82) is 0 Å². The van der Waals surface area contributed by atoms with Gasteiger partial charge in [0.2, 0.25) is 5.91 Å². The zero-order chi connectivity index (χ0) is 10.8. The number of rotatable bonds is 2. The summed E-state index contributed by atoms with van der Waals surface area (Å²) in [6.45, 7) is 1.91. The Morgan fingerprint density at radius 2 is 2.40 bits per heavy atom. The zero-order valence-corrected chi connectivity index (χ0v) is 10.6. The third-order valence-corrected chi connectivity index (χ3v) is 3.64. The van der Waals surface area contributed by atoms with E-state index in [2.05, 4.69) is 26.6 Å². The summed E-state index contributed by atoms with van der Waals surface area (Å²) in [4.78, 5) is 12.6. The highest BCUT2D eigenvalue weighted by atomic mass is 79.9. The molecule has 1 aromatic carbocycles. The maximum Gasteiger partial charge on any atom is 0.237 e. The lowest BCUT2D eigenvalue weighted by molar-refractivity contribution is -0.115. The van der Waals surface area contributed by atoms with Gasteiger partial charge in [0.05, 0.1) is 16.4 Å². The van der Waals surface area contributed by atoms with Crippen molar-refractivity contribution in [3.8, 4) is 0 Å². The van der Waals surface area contributed by atoms with Crippen molar-refractivity contribution in [2.45, 2.75) is 17.1 Å². The van der Waals surface area contributed by atoms with Crippen molar-refractivity contribution in [3.05, 3.63) is 18.2 Å². The molecule has 0 spiro atoms. The van der Waals surface area contributed by atoms with E-state index in [0.29, 0.717) is 5.45 Å². The van der Waals surface area contributed by atoms with Gasteiger partial charge in [-0.15, -0.1) is 11.8 Å². The molecule has 1 aliphatic rings. The summed E-state index contributed by atoms with van der Waals surface area (Å²) in [6, 6.07) is 5.99. The second-order valence-corrected chi connectivity index (χ2v) is 5.21. The first-order valence-corrected chi connectivity index (χ1v) is 6.62. The number of hydrogen-bond acceptors (Lipinski definition) is 3. The molecule has 1 aliphatic heterocycles. The van der Waals surface area contributed by atoms with Gasteiger partial charge in [-0.3, -0.25) is 4.79 Å². The van der Waals surface area contributed by atoms with E-state index in [9.17, 15) is 4.79 Å². The fourth-order valence-corrected chi connectivity index (χ4v) is 2.65. The van der Waals surface area contributed by atoms with Crippen molar-refractivity contribution in [2.24, 2.45) is 0 Å². The van der Waals surface area contributed by atoms with Gasteiger partial charge in [-0.1, -0.05) is 15.9 Å². The minimum atomic E-state index is -0.00696. The van der Waals surface area contributed by atoms with E-state index >= 15 is 0 Å². The number of hydrogen-bond donors (Lipinski definition) is 2. The summed E-state index contributed by atoms with van der Waals surface area (Å²) in [5, 5.41) is 6.03. The maximum absolute atomic E-state index is 11.5. The number of alkyl halides is 1. The maximum atomic E-state index is 11.5. The lowest BCUT2D eigenvalue weighted by Crippen LogP contribution is -2.26. The van der Waals surface area contributed by atoms with Gasteiger partial charge in [0.25, 0.3) is 0 Å². The van der Waals surface area contributed by atoms with E-state index in [1.165, 1.54) is 0 Å². The topological polar surface area (TPSA) is 41.1 Å². The van der Waals surface area contributed by atoms with Crippen molar-refractivity contribution in [2.75, 3.05) is 16.1 Å². The third-order valence-electron chi connectivity index (χ3n) is 2.18. The van der Waals surface area contributed by atoms with Gasteiger partial charge >= 0.3 is 0 Å². The predicted molar refractivity (Wildman–Crippen MR) is 67.8 cm³/mol. The summed E-state index contributed by atoms with van der Waals surface area (Å²) in [5.41, 5.74) is 2.60. The van der Waals surface area contributed by atoms with Crippen LogP contribution in [0.1, 0.15) is 6.92 Å². The Labute approximate surface area is 101 Å². The van der Waals surface area contributed by atoms with Crippen LogP contribution in [-0.4, -0.2) is 16.6 Å². The molecule has 0 radical (unpaired) electrons. The van der Waals surface area contributed by atoms with Crippen LogP contribution in [0.5, 0.6) is 0 Å². The van der Waals surface area contributed by atoms with Gasteiger partial charge in [-0.2, -0.15) is 0 Å². The van der Waals surface area contributed by atoms with Crippen LogP contribution in [0.15, 0.2) is 23.1 Å². The molecule has 0 saturated carbocycles. The molecule has 15 heavy (non-hydrogen) atoms. The molecule has 0 aliphatic carbocycles. The third kappa shape index (κ3) is 2.29. The molecule has 0 fully saturated rings. The number of thioether (sulfide) groups is 1. The van der Waals surface area contributed by atoms with Gasteiger partial charge in [0.15, 0.2) is 0 Å². The summed E-state index contributed by atoms with van der Waals surface area (Å²) >= 11 is 4.90. The molecule has 2 rings (SSSR count). The van der Waals surface area contributed by atoms with Gasteiger partial charge in [0.1, 0.15) is 0 Å². The number of anilines is 2. The molecule has 1 aromatic rings. The molecule has 1 atom stereocenters. The number of nitrogens with one attached hydrogen (secondary N) is 2. The number of carbonyl (C=O) groups excluding carboxylic acids is 1. The predicted octanol–water partition coefficient (Wildman–Crippen LogP) is 2.88. The van der Waals surface area contributed by atoms with Crippen LogP contribution in [0, 0.1) is 0 Å². The van der Waals surface area contributed by atoms with Crippen molar-refractivity contribution >= 4 is 45.0 Å². The number of amides is 1. The molecular formula is C10H11BrN2OS. The number of halogens is 1. The van der Waals surface area contributed by atoms with Gasteiger partial charge in [-0.05, 0) is 25.1 Å². The summed E-state index contributed by atoms with van der Waals surface area (Å²) in [6.07, 6.45) is 0. The number of carbonyl (C=O) groups is 1. The van der Waals surface area contributed by atoms with Crippen molar-refractivity contribution in [1.82, 2.24) is 0 Å². The number of benzene rings is 1. The fraction of sp³-hybridized carbons (Fsp3) is 0.300. The molecule has 1 unspecified atom stereocenters. The Morgan fingerprint density at radius 1 is 1.60 bits per heavy atom. The molecule has 3 nitrogen and oxygen atoms in total. The first-order valence-electron chi connectivity index (χ1n) is 4.62. The van der Waals surface area contributed by atoms with Crippen LogP contribution in [0.4, 0.5) is 11.4 Å². The van der Waals surface area contributed by atoms with Crippen LogP contribution >= 0.6 is 27.7 Å². The SMILES string of the molecule is CC1Sc2ccc(NCBr)cc2NC1=O. The Bertz CT molecular complexity index is 397. The summed E-state index contributed by atoms with van der Waals surface area (Å²) < 4.78 is 0. The minimum Gasteiger partial charge on any atom is -0.375 e. The van der Waals surface area contributed by atoms with E-state index in [0.717, 1.165) is 16.3 Å². The van der Waals surface area contributed by atoms with Crippen molar-refractivity contribution < 1.29 is 4.79 Å². The molecule has 0 aromatic heterocycles. The second-order valence-electron chi connectivity index (χ2n) is 3.27. The van der Waals surface area contributed by atoms with Crippen LogP contribution in [-0.2, 0) is 4.79 Å². The molecule has 0 bridgehead atoms. The Morgan fingerprint density at radius 3 is 3.13 bits per heavy atom. The average molecular weight is 287 g/mol. The monoisotopic (exact) mass is 286 g/mol. The van der Waals surface area contributed by atoms with E-state index in [1.54, 1.807) is 11.8 Å². The normalized spacial score (nSPS) is 19.3. The molecule has 80 valence electrons. The summed E-state index contributed by atoms with van der Waals surface area (Å²) in [5.74, 6) is 0.0727. The van der Waals surface area contributed by atoms with E-state index < -0.39 is 0 Å². The van der Waals surface area contributed by atoms with Crippen LogP contribution in [0.3, 0.4) is 0 Å². The molecule has 1 heterocycles. The Balaban J connectivity index is 2.29. The molecule has 1 amide bonds.